The largest absolute Gasteiger partial charge is 0.298 e. The maximum absolute atomic E-state index is 11.2. The topological polar surface area (TPSA) is 20.3 Å². The molecule has 2 nitrogen and oxygen atoms in total. The van der Waals surface area contributed by atoms with E-state index in [1.807, 2.05) is 0 Å². The third kappa shape index (κ3) is 0.717. The molecule has 2 aliphatic rings. The first kappa shape index (κ1) is 6.35. The normalized spacial score (nSPS) is 40.7. The standard InChI is InChI=1S/C8H13NO/c1-9-6-2-4-7(9)8(10)5-3-6/h6-7H,2-5H2,1H3/t6-,7+/m0/s1. The van der Waals surface area contributed by atoms with Crippen LogP contribution in [0.1, 0.15) is 25.7 Å². The summed E-state index contributed by atoms with van der Waals surface area (Å²) in [6.07, 6.45) is 4.29. The first-order chi connectivity index (χ1) is 4.79. The molecule has 2 atom stereocenters. The molecule has 2 heterocycles. The Bertz CT molecular complexity index is 167. The Morgan fingerprint density at radius 1 is 1.40 bits per heavy atom. The lowest BCUT2D eigenvalue weighted by atomic mass is 10.0. The van der Waals surface area contributed by atoms with Gasteiger partial charge in [0.05, 0.1) is 6.04 Å². The number of rotatable bonds is 0. The summed E-state index contributed by atoms with van der Waals surface area (Å²) in [6, 6.07) is 1.02. The Balaban J connectivity index is 2.20. The van der Waals surface area contributed by atoms with Gasteiger partial charge in [-0.3, -0.25) is 9.69 Å². The van der Waals surface area contributed by atoms with Crippen molar-refractivity contribution in [3.05, 3.63) is 0 Å². The molecule has 2 saturated heterocycles. The van der Waals surface area contributed by atoms with E-state index in [0.717, 1.165) is 25.3 Å². The van der Waals surface area contributed by atoms with Crippen LogP contribution in [-0.2, 0) is 4.79 Å². The van der Waals surface area contributed by atoms with E-state index in [-0.39, 0.29) is 0 Å². The third-order valence-electron chi connectivity index (χ3n) is 2.94. The Kier molecular flexibility index (Phi) is 1.31. The lowest BCUT2D eigenvalue weighted by molar-refractivity contribution is -0.125. The number of nitrogens with zero attached hydrogens (tertiary/aromatic N) is 1. The number of Topliss-reactive ketones (excluding diaryl/α,β-unsaturated/α-hetero) is 1. The van der Waals surface area contributed by atoms with Gasteiger partial charge < -0.3 is 0 Å². The van der Waals surface area contributed by atoms with E-state index in [9.17, 15) is 4.79 Å². The number of piperidine rings is 1. The predicted octanol–water partition coefficient (Wildman–Crippen LogP) is 0.812. The Morgan fingerprint density at radius 2 is 2.20 bits per heavy atom. The smallest absolute Gasteiger partial charge is 0.150 e. The van der Waals surface area contributed by atoms with E-state index in [1.54, 1.807) is 0 Å². The van der Waals surface area contributed by atoms with Crippen molar-refractivity contribution >= 4 is 5.78 Å². The van der Waals surface area contributed by atoms with E-state index in [2.05, 4.69) is 11.9 Å². The van der Waals surface area contributed by atoms with Crippen LogP contribution in [0.3, 0.4) is 0 Å². The van der Waals surface area contributed by atoms with Gasteiger partial charge >= 0.3 is 0 Å². The minimum Gasteiger partial charge on any atom is -0.298 e. The van der Waals surface area contributed by atoms with Crippen LogP contribution in [-0.4, -0.2) is 29.8 Å². The summed E-state index contributed by atoms with van der Waals surface area (Å²) < 4.78 is 0. The van der Waals surface area contributed by atoms with Gasteiger partial charge in [0, 0.05) is 12.5 Å². The van der Waals surface area contributed by atoms with E-state index < -0.39 is 0 Å². The van der Waals surface area contributed by atoms with Gasteiger partial charge in [-0.15, -0.1) is 0 Å². The molecule has 0 aromatic rings. The van der Waals surface area contributed by atoms with Gasteiger partial charge in [-0.2, -0.15) is 0 Å². The zero-order chi connectivity index (χ0) is 7.14. The molecular formula is C8H13NO. The van der Waals surface area contributed by atoms with E-state index in [1.165, 1.54) is 6.42 Å². The Hall–Kier alpha value is -0.370. The number of fused-ring (bicyclic) bond motifs is 2. The van der Waals surface area contributed by atoms with Crippen molar-refractivity contribution in [2.24, 2.45) is 0 Å². The number of ketones is 1. The molecule has 0 saturated carbocycles. The van der Waals surface area contributed by atoms with Crippen molar-refractivity contribution < 1.29 is 4.79 Å². The van der Waals surface area contributed by atoms with Crippen LogP contribution in [0.15, 0.2) is 0 Å². The van der Waals surface area contributed by atoms with Crippen LogP contribution >= 0.6 is 0 Å². The van der Waals surface area contributed by atoms with Crippen LogP contribution in [0.5, 0.6) is 0 Å². The summed E-state index contributed by atoms with van der Waals surface area (Å²) in [5.74, 6) is 0.469. The second kappa shape index (κ2) is 2.06. The molecule has 0 unspecified atom stereocenters. The summed E-state index contributed by atoms with van der Waals surface area (Å²) in [4.78, 5) is 13.5. The summed E-state index contributed by atoms with van der Waals surface area (Å²) in [7, 11) is 2.08. The molecule has 2 aliphatic heterocycles. The summed E-state index contributed by atoms with van der Waals surface area (Å²) in [5.41, 5.74) is 0. The van der Waals surface area contributed by atoms with Crippen molar-refractivity contribution in [2.75, 3.05) is 7.05 Å². The van der Waals surface area contributed by atoms with Crippen LogP contribution in [0.4, 0.5) is 0 Å². The van der Waals surface area contributed by atoms with Gasteiger partial charge in [0.15, 0.2) is 0 Å². The molecule has 2 rings (SSSR count). The molecule has 0 radical (unpaired) electrons. The van der Waals surface area contributed by atoms with Crippen molar-refractivity contribution in [1.29, 1.82) is 0 Å². The lowest BCUT2D eigenvalue weighted by Crippen LogP contribution is -2.42. The SMILES string of the molecule is CN1[C@@H]2CCC(=O)[C@H]1CC2. The molecule has 0 aromatic carbocycles. The number of carbonyl (C=O) groups excluding carboxylic acids is 1. The van der Waals surface area contributed by atoms with E-state index in [0.29, 0.717) is 11.8 Å². The van der Waals surface area contributed by atoms with Crippen molar-refractivity contribution in [3.8, 4) is 0 Å². The minimum atomic E-state index is 0.291. The highest BCUT2D eigenvalue weighted by atomic mass is 16.1. The quantitative estimate of drug-likeness (QED) is 0.495. The monoisotopic (exact) mass is 139 g/mol. The van der Waals surface area contributed by atoms with Crippen LogP contribution < -0.4 is 0 Å². The molecule has 0 amide bonds. The average Bonchev–Trinajstić information content (AvgIpc) is 2.13. The zero-order valence-corrected chi connectivity index (χ0v) is 6.34. The van der Waals surface area contributed by atoms with Gasteiger partial charge in [-0.05, 0) is 26.3 Å². The molecule has 0 aromatic heterocycles. The highest BCUT2D eigenvalue weighted by molar-refractivity contribution is 5.85. The summed E-state index contributed by atoms with van der Waals surface area (Å²) in [5, 5.41) is 0. The number of carbonyl (C=O) groups is 1. The number of hydrogen-bond donors (Lipinski definition) is 0. The van der Waals surface area contributed by atoms with Crippen LogP contribution in [0.25, 0.3) is 0 Å². The molecule has 56 valence electrons. The highest BCUT2D eigenvalue weighted by Gasteiger charge is 2.38. The molecule has 2 bridgehead atoms. The van der Waals surface area contributed by atoms with Crippen molar-refractivity contribution in [2.45, 2.75) is 37.8 Å². The van der Waals surface area contributed by atoms with E-state index >= 15 is 0 Å². The number of likely N-dealkylation sites (N-methyl/N-ethyl adjacent to an activating group) is 1. The molecule has 2 fully saturated rings. The first-order valence-corrected chi connectivity index (χ1v) is 4.03. The molecule has 2 heteroatoms. The molecule has 0 aliphatic carbocycles. The second-order valence-electron chi connectivity index (χ2n) is 3.42. The Morgan fingerprint density at radius 3 is 2.90 bits per heavy atom. The summed E-state index contributed by atoms with van der Waals surface area (Å²) in [6.45, 7) is 0. The maximum Gasteiger partial charge on any atom is 0.150 e. The van der Waals surface area contributed by atoms with E-state index in [4.69, 9.17) is 0 Å². The van der Waals surface area contributed by atoms with Gasteiger partial charge in [0.1, 0.15) is 5.78 Å². The van der Waals surface area contributed by atoms with Gasteiger partial charge in [-0.1, -0.05) is 0 Å². The van der Waals surface area contributed by atoms with Gasteiger partial charge in [0.2, 0.25) is 0 Å². The minimum absolute atomic E-state index is 0.291. The van der Waals surface area contributed by atoms with Crippen LogP contribution in [0.2, 0.25) is 0 Å². The fourth-order valence-corrected chi connectivity index (χ4v) is 2.22. The van der Waals surface area contributed by atoms with Gasteiger partial charge in [0.25, 0.3) is 0 Å². The molecule has 0 spiro atoms. The molecule has 10 heavy (non-hydrogen) atoms. The van der Waals surface area contributed by atoms with Crippen molar-refractivity contribution in [1.82, 2.24) is 4.90 Å². The fraction of sp³-hybridized carbons (Fsp3) is 0.875. The van der Waals surface area contributed by atoms with Gasteiger partial charge in [-0.25, -0.2) is 0 Å². The zero-order valence-electron chi connectivity index (χ0n) is 6.34. The summed E-state index contributed by atoms with van der Waals surface area (Å²) >= 11 is 0. The fourth-order valence-electron chi connectivity index (χ4n) is 2.22. The highest BCUT2D eigenvalue weighted by Crippen LogP contribution is 2.31. The molecular weight excluding hydrogens is 126 g/mol. The molecule has 0 N–H and O–H groups in total. The second-order valence-corrected chi connectivity index (χ2v) is 3.42. The predicted molar refractivity (Wildman–Crippen MR) is 38.8 cm³/mol. The maximum atomic E-state index is 11.2. The first-order valence-electron chi connectivity index (χ1n) is 4.03. The van der Waals surface area contributed by atoms with Crippen molar-refractivity contribution in [3.63, 3.8) is 0 Å². The van der Waals surface area contributed by atoms with Crippen LogP contribution in [0, 0.1) is 0 Å². The Labute approximate surface area is 61.2 Å². The average molecular weight is 139 g/mol. The lowest BCUT2D eigenvalue weighted by Gasteiger charge is -2.29. The number of hydrogen-bond acceptors (Lipinski definition) is 2. The third-order valence-corrected chi connectivity index (χ3v) is 2.94.